The van der Waals surface area contributed by atoms with Crippen LogP contribution in [0.2, 0.25) is 0 Å². The SMILES string of the molecule is CC(C)(C)OC(=O)N[C@H]1CCCCC/C=C\[C@@H]2C[C@@]2(C(=O)O)NC(=O)[C@@H]2C[C@]3(CCc4c(cnc5ccccc45)O3)CN2C1=O. The summed E-state index contributed by atoms with van der Waals surface area (Å²) in [6, 6.07) is 5.95. The zero-order valence-electron chi connectivity index (χ0n) is 26.1. The van der Waals surface area contributed by atoms with Crippen molar-refractivity contribution < 1.29 is 33.8 Å². The number of nitrogens with zero attached hydrogens (tertiary/aromatic N) is 2. The normalized spacial score (nSPS) is 30.9. The second kappa shape index (κ2) is 11.7. The van der Waals surface area contributed by atoms with Gasteiger partial charge in [-0.15, -0.1) is 0 Å². The van der Waals surface area contributed by atoms with Gasteiger partial charge < -0.3 is 30.1 Å². The minimum atomic E-state index is -1.41. The number of aromatic nitrogens is 1. The Labute approximate surface area is 262 Å². The molecule has 2 aromatic rings. The number of benzene rings is 1. The molecule has 11 heteroatoms. The molecule has 1 saturated heterocycles. The Morgan fingerprint density at radius 1 is 1.16 bits per heavy atom. The minimum Gasteiger partial charge on any atom is -0.483 e. The van der Waals surface area contributed by atoms with Gasteiger partial charge in [-0.2, -0.15) is 0 Å². The fraction of sp³-hybridized carbons (Fsp3) is 0.559. The summed E-state index contributed by atoms with van der Waals surface area (Å²) in [5.41, 5.74) is -1.14. The minimum absolute atomic E-state index is 0.117. The zero-order valence-corrected chi connectivity index (χ0v) is 26.1. The van der Waals surface area contributed by atoms with Crippen molar-refractivity contribution in [2.45, 2.75) is 107 Å². The first-order valence-electron chi connectivity index (χ1n) is 16.0. The molecule has 1 spiro atoms. The maximum Gasteiger partial charge on any atom is 0.408 e. The standard InChI is InChI=1S/C34H42N4O7/c1-32(2,3)45-31(43)36-25-14-8-6-4-5-7-11-21-17-34(21,30(41)42)37-28(39)26-18-33(20-38(26)29(25)40)16-15-23-22-12-9-10-13-24(22)35-19-27(23)44-33/h7,9-13,19,21,25-26H,4-6,8,14-18,20H2,1-3H3,(H,36,43)(H,37,39)(H,41,42)/b11-7-/t21-,25+,26+,33-,34-/m1/s1. The summed E-state index contributed by atoms with van der Waals surface area (Å²) in [7, 11) is 0. The van der Waals surface area contributed by atoms with E-state index in [9.17, 15) is 24.3 Å². The Hall–Kier alpha value is -4.15. The van der Waals surface area contributed by atoms with Gasteiger partial charge in [-0.3, -0.25) is 14.6 Å². The second-order valence-electron chi connectivity index (χ2n) is 13.9. The van der Waals surface area contributed by atoms with Crippen molar-refractivity contribution in [1.82, 2.24) is 20.5 Å². The van der Waals surface area contributed by atoms with Crippen molar-refractivity contribution >= 4 is 34.8 Å². The number of allylic oxidation sites excluding steroid dienone is 1. The van der Waals surface area contributed by atoms with Crippen LogP contribution in [0.4, 0.5) is 4.79 Å². The summed E-state index contributed by atoms with van der Waals surface area (Å²) in [6.45, 7) is 5.38. The largest absolute Gasteiger partial charge is 0.483 e. The number of alkyl carbamates (subject to hydrolysis) is 1. The number of carbonyl (C=O) groups excluding carboxylic acids is 3. The second-order valence-corrected chi connectivity index (χ2v) is 13.9. The van der Waals surface area contributed by atoms with Crippen LogP contribution in [-0.4, -0.2) is 74.2 Å². The number of pyridine rings is 1. The highest BCUT2D eigenvalue weighted by Gasteiger charge is 2.62. The molecule has 11 nitrogen and oxygen atoms in total. The molecule has 1 saturated carbocycles. The molecule has 45 heavy (non-hydrogen) atoms. The number of amides is 3. The number of carbonyl (C=O) groups is 4. The van der Waals surface area contributed by atoms with Crippen molar-refractivity contribution in [3.8, 4) is 5.75 Å². The van der Waals surface area contributed by atoms with E-state index in [1.165, 1.54) is 4.90 Å². The van der Waals surface area contributed by atoms with E-state index >= 15 is 0 Å². The average Bonchev–Trinajstić information content (AvgIpc) is 3.56. The van der Waals surface area contributed by atoms with E-state index < -0.39 is 52.7 Å². The number of fused-ring (bicyclic) bond motifs is 5. The number of ether oxygens (including phenoxy) is 2. The Bertz CT molecular complexity index is 1550. The third-order valence-electron chi connectivity index (χ3n) is 9.45. The van der Waals surface area contributed by atoms with Crippen molar-refractivity contribution in [3.63, 3.8) is 0 Å². The van der Waals surface area contributed by atoms with E-state index in [0.717, 1.165) is 35.7 Å². The van der Waals surface area contributed by atoms with Crippen LogP contribution in [0.25, 0.3) is 10.9 Å². The van der Waals surface area contributed by atoms with Crippen LogP contribution in [-0.2, 0) is 25.5 Å². The van der Waals surface area contributed by atoms with Crippen LogP contribution < -0.4 is 15.4 Å². The van der Waals surface area contributed by atoms with Crippen LogP contribution in [0.5, 0.6) is 5.75 Å². The number of aliphatic carboxylic acids is 1. The smallest absolute Gasteiger partial charge is 0.408 e. The summed E-state index contributed by atoms with van der Waals surface area (Å²) >= 11 is 0. The first-order valence-corrected chi connectivity index (χ1v) is 16.0. The number of hydrogen-bond donors (Lipinski definition) is 3. The van der Waals surface area contributed by atoms with Gasteiger partial charge in [-0.25, -0.2) is 9.59 Å². The third kappa shape index (κ3) is 6.21. The highest BCUT2D eigenvalue weighted by atomic mass is 16.6. The number of hydrogen-bond acceptors (Lipinski definition) is 7. The molecule has 0 unspecified atom stereocenters. The molecular weight excluding hydrogens is 576 g/mol. The summed E-state index contributed by atoms with van der Waals surface area (Å²) in [5, 5.41) is 16.7. The molecule has 1 aromatic carbocycles. The summed E-state index contributed by atoms with van der Waals surface area (Å²) in [4.78, 5) is 59.7. The van der Waals surface area contributed by atoms with Gasteiger partial charge in [0.25, 0.3) is 0 Å². The average molecular weight is 619 g/mol. The van der Waals surface area contributed by atoms with Gasteiger partial charge >= 0.3 is 12.1 Å². The lowest BCUT2D eigenvalue weighted by Gasteiger charge is -2.36. The highest BCUT2D eigenvalue weighted by molar-refractivity contribution is 5.96. The summed E-state index contributed by atoms with van der Waals surface area (Å²) < 4.78 is 12.1. The number of para-hydroxylation sites is 1. The molecule has 4 heterocycles. The van der Waals surface area contributed by atoms with Gasteiger partial charge in [0.15, 0.2) is 0 Å². The first-order chi connectivity index (χ1) is 21.4. The molecule has 6 rings (SSSR count). The maximum absolute atomic E-state index is 14.3. The van der Waals surface area contributed by atoms with Crippen LogP contribution in [0.1, 0.15) is 77.7 Å². The fourth-order valence-electron chi connectivity index (χ4n) is 7.05. The molecule has 240 valence electrons. The van der Waals surface area contributed by atoms with E-state index in [-0.39, 0.29) is 18.9 Å². The summed E-state index contributed by atoms with van der Waals surface area (Å²) in [5.74, 6) is -1.73. The van der Waals surface area contributed by atoms with Gasteiger partial charge in [0.05, 0.1) is 18.3 Å². The van der Waals surface area contributed by atoms with Crippen LogP contribution in [0, 0.1) is 5.92 Å². The molecule has 1 aromatic heterocycles. The van der Waals surface area contributed by atoms with Crippen LogP contribution in [0.15, 0.2) is 42.6 Å². The first kappa shape index (κ1) is 30.9. The van der Waals surface area contributed by atoms with Gasteiger partial charge in [-0.05, 0) is 65.4 Å². The van der Waals surface area contributed by atoms with Crippen LogP contribution >= 0.6 is 0 Å². The van der Waals surface area contributed by atoms with E-state index in [0.29, 0.717) is 37.9 Å². The van der Waals surface area contributed by atoms with Gasteiger partial charge in [0, 0.05) is 23.3 Å². The van der Waals surface area contributed by atoms with Gasteiger partial charge in [0.1, 0.15) is 34.6 Å². The van der Waals surface area contributed by atoms with Crippen LogP contribution in [0.3, 0.4) is 0 Å². The Morgan fingerprint density at radius 3 is 2.73 bits per heavy atom. The number of rotatable bonds is 2. The predicted octanol–water partition coefficient (Wildman–Crippen LogP) is 4.27. The molecule has 0 bridgehead atoms. The third-order valence-corrected chi connectivity index (χ3v) is 9.45. The number of aryl methyl sites for hydroxylation is 1. The van der Waals surface area contributed by atoms with E-state index in [1.807, 2.05) is 36.4 Å². The highest BCUT2D eigenvalue weighted by Crippen LogP contribution is 2.47. The summed E-state index contributed by atoms with van der Waals surface area (Å²) in [6.07, 6.45) is 10.1. The van der Waals surface area contributed by atoms with E-state index in [4.69, 9.17) is 9.47 Å². The van der Waals surface area contributed by atoms with Crippen molar-refractivity contribution in [3.05, 3.63) is 48.2 Å². The Morgan fingerprint density at radius 2 is 1.96 bits per heavy atom. The molecule has 3 aliphatic heterocycles. The quantitative estimate of drug-likeness (QED) is 0.423. The molecule has 5 atom stereocenters. The predicted molar refractivity (Wildman–Crippen MR) is 166 cm³/mol. The van der Waals surface area contributed by atoms with Crippen molar-refractivity contribution in [2.24, 2.45) is 5.92 Å². The monoisotopic (exact) mass is 618 g/mol. The van der Waals surface area contributed by atoms with Crippen molar-refractivity contribution in [2.75, 3.05) is 6.54 Å². The number of carboxylic acids is 1. The fourth-order valence-corrected chi connectivity index (χ4v) is 7.05. The molecule has 2 fully saturated rings. The molecule has 3 amide bonds. The van der Waals surface area contributed by atoms with E-state index in [1.54, 1.807) is 27.0 Å². The molecule has 4 aliphatic rings. The number of nitrogens with one attached hydrogen (secondary N) is 2. The lowest BCUT2D eigenvalue weighted by molar-refractivity contribution is -0.145. The van der Waals surface area contributed by atoms with Gasteiger partial charge in [0.2, 0.25) is 11.8 Å². The lowest BCUT2D eigenvalue weighted by Crippen LogP contribution is -2.56. The van der Waals surface area contributed by atoms with Crippen molar-refractivity contribution in [1.29, 1.82) is 0 Å². The zero-order chi connectivity index (χ0) is 32.0. The molecular formula is C34H42N4O7. The van der Waals surface area contributed by atoms with Gasteiger partial charge in [-0.1, -0.05) is 43.2 Å². The Kier molecular flexibility index (Phi) is 7.99. The Balaban J connectivity index is 1.33. The molecule has 1 aliphatic carbocycles. The molecule has 0 radical (unpaired) electrons. The number of carboxylic acid groups (broad SMARTS) is 1. The molecule has 3 N–H and O–H groups in total. The topological polar surface area (TPSA) is 147 Å². The lowest BCUT2D eigenvalue weighted by atomic mass is 9.87. The van der Waals surface area contributed by atoms with E-state index in [2.05, 4.69) is 15.6 Å². The maximum atomic E-state index is 14.3.